The second-order valence-corrected chi connectivity index (χ2v) is 8.47. The van der Waals surface area contributed by atoms with E-state index in [1.165, 1.54) is 6.92 Å². The van der Waals surface area contributed by atoms with Gasteiger partial charge in [0, 0.05) is 31.1 Å². The molecule has 3 rings (SSSR count). The third kappa shape index (κ3) is 4.29. The van der Waals surface area contributed by atoms with Crippen LogP contribution in [0.2, 0.25) is 0 Å². The van der Waals surface area contributed by atoms with Crippen molar-refractivity contribution in [3.05, 3.63) is 41.1 Å². The van der Waals surface area contributed by atoms with Crippen LogP contribution in [0.4, 0.5) is 0 Å². The third-order valence-corrected chi connectivity index (χ3v) is 5.50. The van der Waals surface area contributed by atoms with E-state index < -0.39 is 0 Å². The lowest BCUT2D eigenvalue weighted by atomic mass is 9.70. The first-order valence-electron chi connectivity index (χ1n) is 9.70. The van der Waals surface area contributed by atoms with Crippen molar-refractivity contribution >= 4 is 22.7 Å². The van der Waals surface area contributed by atoms with Gasteiger partial charge < -0.3 is 10.6 Å². The Balaban J connectivity index is 1.96. The molecule has 1 aromatic heterocycles. The van der Waals surface area contributed by atoms with Gasteiger partial charge in [0.25, 0.3) is 5.91 Å². The lowest BCUT2D eigenvalue weighted by Gasteiger charge is -2.35. The van der Waals surface area contributed by atoms with Crippen molar-refractivity contribution in [2.24, 2.45) is 11.3 Å². The second-order valence-electron chi connectivity index (χ2n) is 8.47. The highest BCUT2D eigenvalue weighted by atomic mass is 16.2. The van der Waals surface area contributed by atoms with Crippen molar-refractivity contribution in [2.75, 3.05) is 13.1 Å². The van der Waals surface area contributed by atoms with Crippen molar-refractivity contribution in [2.45, 2.75) is 47.0 Å². The van der Waals surface area contributed by atoms with E-state index in [2.05, 4.69) is 31.4 Å². The molecule has 27 heavy (non-hydrogen) atoms. The first-order chi connectivity index (χ1) is 12.8. The highest BCUT2D eigenvalue weighted by molar-refractivity contribution is 6.07. The predicted octanol–water partition coefficient (Wildman–Crippen LogP) is 3.25. The van der Waals surface area contributed by atoms with Crippen molar-refractivity contribution in [3.8, 4) is 0 Å². The van der Waals surface area contributed by atoms with Gasteiger partial charge in [-0.25, -0.2) is 0 Å². The van der Waals surface area contributed by atoms with Crippen LogP contribution >= 0.6 is 0 Å². The van der Waals surface area contributed by atoms with Gasteiger partial charge in [-0.05, 0) is 42.2 Å². The molecule has 0 bridgehead atoms. The summed E-state index contributed by atoms with van der Waals surface area (Å²) in [4.78, 5) is 29.0. The molecule has 2 N–H and O–H groups in total. The van der Waals surface area contributed by atoms with Crippen LogP contribution in [0.15, 0.2) is 24.3 Å². The molecular weight excluding hydrogens is 338 g/mol. The Labute approximate surface area is 160 Å². The molecule has 1 aliphatic carbocycles. The normalized spacial score (nSPS) is 16.7. The number of hydrogen-bond donors (Lipinski definition) is 2. The smallest absolute Gasteiger partial charge is 0.252 e. The number of para-hydroxylation sites is 1. The van der Waals surface area contributed by atoms with Crippen LogP contribution in [-0.2, 0) is 17.6 Å². The van der Waals surface area contributed by atoms with Crippen molar-refractivity contribution in [1.29, 1.82) is 0 Å². The maximum Gasteiger partial charge on any atom is 0.252 e. The van der Waals surface area contributed by atoms with Crippen LogP contribution in [-0.4, -0.2) is 29.9 Å². The van der Waals surface area contributed by atoms with Gasteiger partial charge in [-0.1, -0.05) is 39.0 Å². The molecule has 2 amide bonds. The summed E-state index contributed by atoms with van der Waals surface area (Å²) in [5, 5.41) is 6.59. The topological polar surface area (TPSA) is 71.1 Å². The Kier molecular flexibility index (Phi) is 5.49. The average molecular weight is 367 g/mol. The number of carbonyl (C=O) groups excluding carboxylic acids is 2. The third-order valence-electron chi connectivity index (χ3n) is 5.50. The van der Waals surface area contributed by atoms with E-state index in [4.69, 9.17) is 4.98 Å². The van der Waals surface area contributed by atoms with Gasteiger partial charge in [0.2, 0.25) is 5.91 Å². The molecule has 5 nitrogen and oxygen atoms in total. The number of amides is 2. The molecule has 1 heterocycles. The van der Waals surface area contributed by atoms with E-state index >= 15 is 0 Å². The number of nitrogens with one attached hydrogen (secondary N) is 2. The Morgan fingerprint density at radius 1 is 1.15 bits per heavy atom. The van der Waals surface area contributed by atoms with Crippen molar-refractivity contribution in [3.63, 3.8) is 0 Å². The fourth-order valence-electron chi connectivity index (χ4n) is 3.89. The van der Waals surface area contributed by atoms with Gasteiger partial charge in [0.15, 0.2) is 0 Å². The average Bonchev–Trinajstić information content (AvgIpc) is 2.61. The first-order valence-corrected chi connectivity index (χ1v) is 9.70. The minimum absolute atomic E-state index is 0.0789. The maximum absolute atomic E-state index is 13.1. The molecule has 0 spiro atoms. The number of aryl methyl sites for hydroxylation is 1. The molecule has 0 saturated heterocycles. The van der Waals surface area contributed by atoms with E-state index in [1.807, 2.05) is 24.3 Å². The summed E-state index contributed by atoms with van der Waals surface area (Å²) in [7, 11) is 0. The molecule has 0 unspecified atom stereocenters. The molecule has 5 heteroatoms. The van der Waals surface area contributed by atoms with Gasteiger partial charge in [-0.15, -0.1) is 0 Å². The molecule has 1 atom stereocenters. The summed E-state index contributed by atoms with van der Waals surface area (Å²) in [5.74, 6) is 0.354. The van der Waals surface area contributed by atoms with E-state index in [1.54, 1.807) is 0 Å². The quantitative estimate of drug-likeness (QED) is 0.815. The van der Waals surface area contributed by atoms with E-state index in [0.717, 1.165) is 47.0 Å². The molecule has 144 valence electrons. The van der Waals surface area contributed by atoms with E-state index in [-0.39, 0.29) is 17.2 Å². The van der Waals surface area contributed by atoms with Crippen LogP contribution in [0, 0.1) is 11.3 Å². The Morgan fingerprint density at radius 3 is 2.56 bits per heavy atom. The van der Waals surface area contributed by atoms with Crippen LogP contribution in [0.1, 0.15) is 55.7 Å². The number of fused-ring (bicyclic) bond motifs is 2. The highest BCUT2D eigenvalue weighted by Gasteiger charge is 2.32. The fraction of sp³-hybridized carbons (Fsp3) is 0.500. The fourth-order valence-corrected chi connectivity index (χ4v) is 3.89. The second kappa shape index (κ2) is 7.67. The van der Waals surface area contributed by atoms with Gasteiger partial charge >= 0.3 is 0 Å². The van der Waals surface area contributed by atoms with Crippen LogP contribution < -0.4 is 10.6 Å². The minimum Gasteiger partial charge on any atom is -0.355 e. The lowest BCUT2D eigenvalue weighted by molar-refractivity contribution is -0.118. The summed E-state index contributed by atoms with van der Waals surface area (Å²) in [6.45, 7) is 9.11. The molecular formula is C22H29N3O2. The number of rotatable bonds is 4. The summed E-state index contributed by atoms with van der Waals surface area (Å²) in [5.41, 5.74) is 3.98. The molecule has 0 saturated carbocycles. The van der Waals surface area contributed by atoms with Gasteiger partial charge in [-0.2, -0.15) is 0 Å². The van der Waals surface area contributed by atoms with Gasteiger partial charge in [0.1, 0.15) is 0 Å². The molecule has 0 radical (unpaired) electrons. The number of benzene rings is 1. The van der Waals surface area contributed by atoms with Crippen LogP contribution in [0.25, 0.3) is 10.9 Å². The van der Waals surface area contributed by atoms with Crippen molar-refractivity contribution in [1.82, 2.24) is 15.6 Å². The number of nitrogens with zero attached hydrogens (tertiary/aromatic N) is 1. The number of pyridine rings is 1. The maximum atomic E-state index is 13.1. The summed E-state index contributed by atoms with van der Waals surface area (Å²) in [6, 6.07) is 7.86. The van der Waals surface area contributed by atoms with Gasteiger partial charge in [-0.3, -0.25) is 14.6 Å². The zero-order valence-corrected chi connectivity index (χ0v) is 16.7. The Bertz CT molecular complexity index is 868. The largest absolute Gasteiger partial charge is 0.355 e. The number of hydrogen-bond acceptors (Lipinski definition) is 3. The minimum atomic E-state index is -0.0935. The summed E-state index contributed by atoms with van der Waals surface area (Å²) >= 11 is 0. The van der Waals surface area contributed by atoms with Crippen molar-refractivity contribution < 1.29 is 9.59 Å². The Hall–Kier alpha value is -2.43. The van der Waals surface area contributed by atoms with E-state index in [9.17, 15) is 9.59 Å². The molecule has 1 aliphatic rings. The van der Waals surface area contributed by atoms with Crippen LogP contribution in [0.5, 0.6) is 0 Å². The Morgan fingerprint density at radius 2 is 1.85 bits per heavy atom. The zero-order valence-electron chi connectivity index (χ0n) is 16.7. The number of aromatic nitrogens is 1. The molecule has 0 aliphatic heterocycles. The van der Waals surface area contributed by atoms with Gasteiger partial charge in [0.05, 0.1) is 11.1 Å². The zero-order chi connectivity index (χ0) is 19.6. The SMILES string of the molecule is CC(=O)NCCNC(=O)c1c2c(nc3ccccc13)CC[C@@H](C(C)(C)C)C2. The first kappa shape index (κ1) is 19.3. The lowest BCUT2D eigenvalue weighted by Crippen LogP contribution is -2.35. The summed E-state index contributed by atoms with van der Waals surface area (Å²) in [6.07, 6.45) is 2.89. The molecule has 0 fully saturated rings. The number of carbonyl (C=O) groups is 2. The van der Waals surface area contributed by atoms with E-state index in [0.29, 0.717) is 19.0 Å². The predicted molar refractivity (Wildman–Crippen MR) is 108 cm³/mol. The molecule has 1 aromatic carbocycles. The summed E-state index contributed by atoms with van der Waals surface area (Å²) < 4.78 is 0. The monoisotopic (exact) mass is 367 g/mol. The van der Waals surface area contributed by atoms with Crippen LogP contribution in [0.3, 0.4) is 0 Å². The highest BCUT2D eigenvalue weighted by Crippen LogP contribution is 2.39. The standard InChI is InChI=1S/C22H29N3O2/c1-14(26)23-11-12-24-21(27)20-16-7-5-6-8-18(16)25-19-10-9-15(13-17(19)20)22(2,3)4/h5-8,15H,9-13H2,1-4H3,(H,23,26)(H,24,27)/t15-/m1/s1. The molecule has 2 aromatic rings.